The van der Waals surface area contributed by atoms with Crippen molar-refractivity contribution in [2.45, 2.75) is 26.7 Å². The van der Waals surface area contributed by atoms with Crippen LogP contribution in [-0.2, 0) is 12.8 Å². The third-order valence-corrected chi connectivity index (χ3v) is 2.87. The average Bonchev–Trinajstić information content (AvgIpc) is 2.35. The second-order valence-corrected chi connectivity index (χ2v) is 4.29. The van der Waals surface area contributed by atoms with Crippen molar-refractivity contribution in [3.05, 3.63) is 52.3 Å². The molecule has 2 heterocycles. The van der Waals surface area contributed by atoms with Gasteiger partial charge in [-0.1, -0.05) is 13.0 Å². The molecule has 0 atom stereocenters. The SMILES string of the molecule is CCc1ccc(Cc2nc(Cl)ncc2C)nc1. The van der Waals surface area contributed by atoms with E-state index < -0.39 is 0 Å². The van der Waals surface area contributed by atoms with Gasteiger partial charge in [0.05, 0.1) is 5.69 Å². The van der Waals surface area contributed by atoms with Crippen molar-refractivity contribution in [2.75, 3.05) is 0 Å². The molecular formula is C13H14ClN3. The van der Waals surface area contributed by atoms with E-state index in [4.69, 9.17) is 11.6 Å². The van der Waals surface area contributed by atoms with E-state index in [0.29, 0.717) is 6.42 Å². The zero-order valence-electron chi connectivity index (χ0n) is 9.94. The summed E-state index contributed by atoms with van der Waals surface area (Å²) in [6, 6.07) is 4.13. The van der Waals surface area contributed by atoms with Crippen LogP contribution in [0.5, 0.6) is 0 Å². The van der Waals surface area contributed by atoms with Gasteiger partial charge in [0.1, 0.15) is 0 Å². The zero-order valence-corrected chi connectivity index (χ0v) is 10.7. The maximum absolute atomic E-state index is 5.79. The number of rotatable bonds is 3. The molecule has 3 nitrogen and oxygen atoms in total. The zero-order chi connectivity index (χ0) is 12.3. The Morgan fingerprint density at radius 3 is 2.65 bits per heavy atom. The van der Waals surface area contributed by atoms with E-state index in [2.05, 4.69) is 27.9 Å². The standard InChI is InChI=1S/C13H14ClN3/c1-3-10-4-5-11(15-8-10)6-12-9(2)7-16-13(14)17-12/h4-5,7-8H,3,6H2,1-2H3. The topological polar surface area (TPSA) is 38.7 Å². The van der Waals surface area contributed by atoms with Crippen molar-refractivity contribution in [3.8, 4) is 0 Å². The maximum atomic E-state index is 5.79. The molecule has 0 aliphatic heterocycles. The lowest BCUT2D eigenvalue weighted by molar-refractivity contribution is 0.954. The Labute approximate surface area is 106 Å². The van der Waals surface area contributed by atoms with Crippen LogP contribution in [0, 0.1) is 6.92 Å². The highest BCUT2D eigenvalue weighted by molar-refractivity contribution is 6.28. The second kappa shape index (κ2) is 5.23. The second-order valence-electron chi connectivity index (χ2n) is 3.96. The van der Waals surface area contributed by atoms with Crippen LogP contribution in [0.15, 0.2) is 24.5 Å². The molecule has 2 aromatic rings. The quantitative estimate of drug-likeness (QED) is 0.783. The van der Waals surface area contributed by atoms with Gasteiger partial charge in [-0.3, -0.25) is 4.98 Å². The first-order valence-electron chi connectivity index (χ1n) is 5.61. The van der Waals surface area contributed by atoms with Crippen molar-refractivity contribution < 1.29 is 0 Å². The first-order valence-corrected chi connectivity index (χ1v) is 5.98. The van der Waals surface area contributed by atoms with Gasteiger partial charge in [-0.15, -0.1) is 0 Å². The smallest absolute Gasteiger partial charge is 0.222 e. The summed E-state index contributed by atoms with van der Waals surface area (Å²) in [5.41, 5.74) is 4.21. The Morgan fingerprint density at radius 1 is 1.18 bits per heavy atom. The van der Waals surface area contributed by atoms with Crippen LogP contribution in [0.3, 0.4) is 0 Å². The lowest BCUT2D eigenvalue weighted by Crippen LogP contribution is -2.00. The van der Waals surface area contributed by atoms with Crippen molar-refractivity contribution in [2.24, 2.45) is 0 Å². The van der Waals surface area contributed by atoms with Crippen molar-refractivity contribution >= 4 is 11.6 Å². The minimum absolute atomic E-state index is 0.288. The molecule has 2 rings (SSSR count). The van der Waals surface area contributed by atoms with Gasteiger partial charge in [-0.05, 0) is 42.1 Å². The van der Waals surface area contributed by atoms with E-state index in [9.17, 15) is 0 Å². The summed E-state index contributed by atoms with van der Waals surface area (Å²) in [7, 11) is 0. The monoisotopic (exact) mass is 247 g/mol. The first-order chi connectivity index (χ1) is 8.19. The summed E-state index contributed by atoms with van der Waals surface area (Å²) in [6.45, 7) is 4.09. The van der Waals surface area contributed by atoms with Gasteiger partial charge in [-0.2, -0.15) is 0 Å². The highest BCUT2D eigenvalue weighted by Crippen LogP contribution is 2.12. The maximum Gasteiger partial charge on any atom is 0.222 e. The number of hydrogen-bond donors (Lipinski definition) is 0. The Kier molecular flexibility index (Phi) is 3.69. The highest BCUT2D eigenvalue weighted by Gasteiger charge is 2.04. The molecular weight excluding hydrogens is 234 g/mol. The van der Waals surface area contributed by atoms with Gasteiger partial charge in [0, 0.05) is 24.5 Å². The van der Waals surface area contributed by atoms with Gasteiger partial charge in [0.25, 0.3) is 0 Å². The number of hydrogen-bond acceptors (Lipinski definition) is 3. The predicted molar refractivity (Wildman–Crippen MR) is 68.2 cm³/mol. The molecule has 0 amide bonds. The van der Waals surface area contributed by atoms with Crippen molar-refractivity contribution in [1.82, 2.24) is 15.0 Å². The average molecular weight is 248 g/mol. The summed E-state index contributed by atoms with van der Waals surface area (Å²) in [5, 5.41) is 0.288. The molecule has 2 aromatic heterocycles. The Morgan fingerprint density at radius 2 is 2.00 bits per heavy atom. The third kappa shape index (κ3) is 3.01. The Balaban J connectivity index is 2.22. The van der Waals surface area contributed by atoms with E-state index in [-0.39, 0.29) is 5.28 Å². The molecule has 0 radical (unpaired) electrons. The highest BCUT2D eigenvalue weighted by atomic mass is 35.5. The number of nitrogens with zero attached hydrogens (tertiary/aromatic N) is 3. The molecule has 0 saturated carbocycles. The summed E-state index contributed by atoms with van der Waals surface area (Å²) in [4.78, 5) is 12.6. The molecule has 0 bridgehead atoms. The molecule has 0 fully saturated rings. The van der Waals surface area contributed by atoms with E-state index in [1.165, 1.54) is 5.56 Å². The fourth-order valence-electron chi connectivity index (χ4n) is 1.57. The molecule has 0 unspecified atom stereocenters. The molecule has 0 aliphatic rings. The van der Waals surface area contributed by atoms with E-state index in [1.807, 2.05) is 19.2 Å². The lowest BCUT2D eigenvalue weighted by atomic mass is 10.1. The summed E-state index contributed by atoms with van der Waals surface area (Å²) in [5.74, 6) is 0. The van der Waals surface area contributed by atoms with E-state index in [1.54, 1.807) is 6.20 Å². The van der Waals surface area contributed by atoms with E-state index in [0.717, 1.165) is 23.4 Å². The molecule has 0 saturated heterocycles. The van der Waals surface area contributed by atoms with Crippen molar-refractivity contribution in [1.29, 1.82) is 0 Å². The molecule has 4 heteroatoms. The van der Waals surface area contributed by atoms with E-state index >= 15 is 0 Å². The number of aromatic nitrogens is 3. The molecule has 88 valence electrons. The minimum Gasteiger partial charge on any atom is -0.261 e. The minimum atomic E-state index is 0.288. The fourth-order valence-corrected chi connectivity index (χ4v) is 1.72. The molecule has 0 N–H and O–H groups in total. The number of halogens is 1. The third-order valence-electron chi connectivity index (χ3n) is 2.69. The Bertz CT molecular complexity index is 509. The van der Waals surface area contributed by atoms with Gasteiger partial charge < -0.3 is 0 Å². The van der Waals surface area contributed by atoms with Gasteiger partial charge in [0.15, 0.2) is 0 Å². The first kappa shape index (κ1) is 12.0. The van der Waals surface area contributed by atoms with Crippen LogP contribution < -0.4 is 0 Å². The van der Waals surface area contributed by atoms with Gasteiger partial charge in [-0.25, -0.2) is 9.97 Å². The van der Waals surface area contributed by atoms with Crippen LogP contribution in [0.2, 0.25) is 5.28 Å². The van der Waals surface area contributed by atoms with Gasteiger partial charge >= 0.3 is 0 Å². The van der Waals surface area contributed by atoms with Crippen molar-refractivity contribution in [3.63, 3.8) is 0 Å². The molecule has 0 aliphatic carbocycles. The van der Waals surface area contributed by atoms with Crippen LogP contribution in [0.25, 0.3) is 0 Å². The number of aryl methyl sites for hydroxylation is 2. The Hall–Kier alpha value is -1.48. The van der Waals surface area contributed by atoms with Gasteiger partial charge in [0.2, 0.25) is 5.28 Å². The van der Waals surface area contributed by atoms with Crippen LogP contribution in [0.1, 0.15) is 29.4 Å². The number of pyridine rings is 1. The van der Waals surface area contributed by atoms with Crippen LogP contribution in [0.4, 0.5) is 0 Å². The summed E-state index contributed by atoms with van der Waals surface area (Å²) < 4.78 is 0. The molecule has 0 aromatic carbocycles. The summed E-state index contributed by atoms with van der Waals surface area (Å²) >= 11 is 5.79. The lowest BCUT2D eigenvalue weighted by Gasteiger charge is -2.05. The van der Waals surface area contributed by atoms with Crippen LogP contribution >= 0.6 is 11.6 Å². The molecule has 0 spiro atoms. The normalized spacial score (nSPS) is 10.5. The fraction of sp³-hybridized carbons (Fsp3) is 0.308. The molecule has 17 heavy (non-hydrogen) atoms. The van der Waals surface area contributed by atoms with Crippen LogP contribution in [-0.4, -0.2) is 15.0 Å². The summed E-state index contributed by atoms with van der Waals surface area (Å²) in [6.07, 6.45) is 5.35. The largest absolute Gasteiger partial charge is 0.261 e. The predicted octanol–water partition coefficient (Wildman–Crippen LogP) is 2.99.